The maximum atomic E-state index is 13.4. The summed E-state index contributed by atoms with van der Waals surface area (Å²) in [7, 11) is 1.77. The fourth-order valence-electron chi connectivity index (χ4n) is 3.20. The van der Waals surface area contributed by atoms with Crippen molar-refractivity contribution in [2.75, 3.05) is 33.2 Å². The van der Waals surface area contributed by atoms with Gasteiger partial charge in [0.05, 0.1) is 0 Å². The van der Waals surface area contributed by atoms with E-state index in [2.05, 4.69) is 32.3 Å². The number of phenols is 1. The largest absolute Gasteiger partial charge is 0.505 e. The summed E-state index contributed by atoms with van der Waals surface area (Å²) in [5, 5.41) is 12.5. The van der Waals surface area contributed by atoms with Crippen LogP contribution in [0.25, 0.3) is 0 Å². The van der Waals surface area contributed by atoms with E-state index in [4.69, 9.17) is 0 Å². The minimum atomic E-state index is -0.595. The van der Waals surface area contributed by atoms with Crippen molar-refractivity contribution in [3.8, 4) is 5.75 Å². The predicted molar refractivity (Wildman–Crippen MR) is 104 cm³/mol. The van der Waals surface area contributed by atoms with Crippen LogP contribution < -0.4 is 5.32 Å². The summed E-state index contributed by atoms with van der Waals surface area (Å²) in [5.41, 5.74) is 0.779. The van der Waals surface area contributed by atoms with E-state index in [1.54, 1.807) is 13.1 Å². The Hall–Kier alpha value is -1.35. The molecule has 1 aromatic carbocycles. The number of halogens is 2. The average molecular weight is 446 g/mol. The Kier molecular flexibility index (Phi) is 6.85. The molecule has 3 rings (SSSR count). The van der Waals surface area contributed by atoms with Gasteiger partial charge in [-0.1, -0.05) is 18.2 Å². The van der Waals surface area contributed by atoms with Gasteiger partial charge in [0, 0.05) is 45.8 Å². The lowest BCUT2D eigenvalue weighted by Crippen LogP contribution is -2.42. The molecule has 2 N–H and O–H groups in total. The van der Waals surface area contributed by atoms with Gasteiger partial charge in [-0.05, 0) is 24.1 Å². The number of nitrogens with zero attached hydrogens (tertiary/aromatic N) is 3. The van der Waals surface area contributed by atoms with E-state index < -0.39 is 5.82 Å². The van der Waals surface area contributed by atoms with Crippen LogP contribution in [0.1, 0.15) is 12.0 Å². The van der Waals surface area contributed by atoms with Gasteiger partial charge < -0.3 is 15.3 Å². The molecule has 1 atom stereocenters. The van der Waals surface area contributed by atoms with Gasteiger partial charge in [-0.3, -0.25) is 9.89 Å². The summed E-state index contributed by atoms with van der Waals surface area (Å²) in [6, 6.07) is 5.00. The standard InChI is InChI=1S/C17H23FN4O.HI/c1-19-17(20-11-13-4-5-16(23)15(18)10-13)22-9-6-14(12-22)21-7-2-3-8-21;/h2-5,10,14,23H,6-9,11-12H2,1H3,(H,19,20);1H. The van der Waals surface area contributed by atoms with E-state index in [0.29, 0.717) is 12.6 Å². The molecular formula is C17H24FIN4O. The molecule has 24 heavy (non-hydrogen) atoms. The van der Waals surface area contributed by atoms with Gasteiger partial charge >= 0.3 is 0 Å². The first-order chi connectivity index (χ1) is 11.2. The number of aromatic hydroxyl groups is 1. The quantitative estimate of drug-likeness (QED) is 0.324. The van der Waals surface area contributed by atoms with E-state index in [9.17, 15) is 9.50 Å². The molecule has 1 unspecified atom stereocenters. The molecule has 0 aromatic heterocycles. The van der Waals surface area contributed by atoms with E-state index in [-0.39, 0.29) is 29.7 Å². The first-order valence-corrected chi connectivity index (χ1v) is 7.99. The number of guanidine groups is 1. The molecule has 1 saturated heterocycles. The van der Waals surface area contributed by atoms with Gasteiger partial charge in [0.25, 0.3) is 0 Å². The van der Waals surface area contributed by atoms with Gasteiger partial charge in [-0.2, -0.15) is 0 Å². The minimum Gasteiger partial charge on any atom is -0.505 e. The van der Waals surface area contributed by atoms with Gasteiger partial charge in [0.2, 0.25) is 0 Å². The fraction of sp³-hybridized carbons (Fsp3) is 0.471. The Morgan fingerprint density at radius 3 is 2.79 bits per heavy atom. The summed E-state index contributed by atoms with van der Waals surface area (Å²) in [6.45, 7) is 4.50. The van der Waals surface area contributed by atoms with Crippen LogP contribution in [-0.2, 0) is 6.54 Å². The second kappa shape index (κ2) is 8.66. The molecule has 2 heterocycles. The highest BCUT2D eigenvalue weighted by molar-refractivity contribution is 14.0. The van der Waals surface area contributed by atoms with Crippen molar-refractivity contribution in [3.63, 3.8) is 0 Å². The molecule has 132 valence electrons. The Balaban J connectivity index is 0.00000208. The van der Waals surface area contributed by atoms with Crippen molar-refractivity contribution in [1.82, 2.24) is 15.1 Å². The van der Waals surface area contributed by atoms with E-state index in [1.807, 2.05) is 0 Å². The maximum absolute atomic E-state index is 13.4. The maximum Gasteiger partial charge on any atom is 0.193 e. The van der Waals surface area contributed by atoms with Crippen molar-refractivity contribution in [3.05, 3.63) is 41.7 Å². The normalized spacial score (nSPS) is 21.2. The monoisotopic (exact) mass is 446 g/mol. The number of phenolic OH excluding ortho intramolecular Hbond substituents is 1. The SMILES string of the molecule is CN=C(NCc1ccc(O)c(F)c1)N1CCC(N2CC=CC2)C1.I. The van der Waals surface area contributed by atoms with Crippen LogP contribution in [-0.4, -0.2) is 60.1 Å². The molecule has 0 saturated carbocycles. The lowest BCUT2D eigenvalue weighted by Gasteiger charge is -2.25. The van der Waals surface area contributed by atoms with Gasteiger partial charge in [-0.15, -0.1) is 24.0 Å². The number of hydrogen-bond acceptors (Lipinski definition) is 3. The molecule has 0 bridgehead atoms. The molecular weight excluding hydrogens is 422 g/mol. The third-order valence-electron chi connectivity index (χ3n) is 4.50. The zero-order valence-electron chi connectivity index (χ0n) is 13.8. The Morgan fingerprint density at radius 1 is 1.38 bits per heavy atom. The first kappa shape index (κ1) is 19.0. The van der Waals surface area contributed by atoms with Crippen LogP contribution in [0, 0.1) is 5.82 Å². The molecule has 0 amide bonds. The van der Waals surface area contributed by atoms with Gasteiger partial charge in [-0.25, -0.2) is 4.39 Å². The second-order valence-corrected chi connectivity index (χ2v) is 6.00. The highest BCUT2D eigenvalue weighted by atomic mass is 127. The lowest BCUT2D eigenvalue weighted by molar-refractivity contribution is 0.259. The number of likely N-dealkylation sites (tertiary alicyclic amines) is 1. The van der Waals surface area contributed by atoms with Crippen LogP contribution in [0.2, 0.25) is 0 Å². The Bertz CT molecular complexity index is 615. The predicted octanol–water partition coefficient (Wildman–Crippen LogP) is 2.17. The van der Waals surface area contributed by atoms with Gasteiger partial charge in [0.1, 0.15) is 0 Å². The van der Waals surface area contributed by atoms with Crippen molar-refractivity contribution < 1.29 is 9.50 Å². The minimum absolute atomic E-state index is 0. The zero-order chi connectivity index (χ0) is 16.2. The smallest absolute Gasteiger partial charge is 0.193 e. The highest BCUT2D eigenvalue weighted by Gasteiger charge is 2.29. The van der Waals surface area contributed by atoms with E-state index in [0.717, 1.165) is 44.1 Å². The average Bonchev–Trinajstić information content (AvgIpc) is 3.22. The summed E-state index contributed by atoms with van der Waals surface area (Å²) in [6.07, 6.45) is 5.57. The summed E-state index contributed by atoms with van der Waals surface area (Å²) in [5.74, 6) is -0.0741. The number of nitrogens with one attached hydrogen (secondary N) is 1. The van der Waals surface area contributed by atoms with Crippen LogP contribution in [0.15, 0.2) is 35.3 Å². The van der Waals surface area contributed by atoms with Crippen LogP contribution in [0.3, 0.4) is 0 Å². The first-order valence-electron chi connectivity index (χ1n) is 7.99. The molecule has 0 spiro atoms. The number of aliphatic imine (C=N–C) groups is 1. The van der Waals surface area contributed by atoms with Crippen molar-refractivity contribution >= 4 is 29.9 Å². The Morgan fingerprint density at radius 2 is 2.12 bits per heavy atom. The highest BCUT2D eigenvalue weighted by Crippen LogP contribution is 2.19. The second-order valence-electron chi connectivity index (χ2n) is 6.00. The topological polar surface area (TPSA) is 51.1 Å². The zero-order valence-corrected chi connectivity index (χ0v) is 16.1. The molecule has 0 aliphatic carbocycles. The van der Waals surface area contributed by atoms with Crippen LogP contribution in [0.4, 0.5) is 4.39 Å². The van der Waals surface area contributed by atoms with Crippen LogP contribution in [0.5, 0.6) is 5.75 Å². The fourth-order valence-corrected chi connectivity index (χ4v) is 3.20. The summed E-state index contributed by atoms with van der Waals surface area (Å²) >= 11 is 0. The van der Waals surface area contributed by atoms with Crippen molar-refractivity contribution in [2.24, 2.45) is 4.99 Å². The molecule has 0 radical (unpaired) electrons. The summed E-state index contributed by atoms with van der Waals surface area (Å²) < 4.78 is 13.4. The molecule has 7 heteroatoms. The van der Waals surface area contributed by atoms with E-state index in [1.165, 1.54) is 12.1 Å². The lowest BCUT2D eigenvalue weighted by atomic mass is 10.2. The van der Waals surface area contributed by atoms with Crippen molar-refractivity contribution in [2.45, 2.75) is 19.0 Å². The molecule has 2 aliphatic rings. The molecule has 1 aromatic rings. The third kappa shape index (κ3) is 4.38. The molecule has 5 nitrogen and oxygen atoms in total. The van der Waals surface area contributed by atoms with Crippen LogP contribution >= 0.6 is 24.0 Å². The van der Waals surface area contributed by atoms with E-state index >= 15 is 0 Å². The van der Waals surface area contributed by atoms with Gasteiger partial charge in [0.15, 0.2) is 17.5 Å². The molecule has 1 fully saturated rings. The Labute approximate surface area is 159 Å². The summed E-state index contributed by atoms with van der Waals surface area (Å²) in [4.78, 5) is 9.06. The van der Waals surface area contributed by atoms with Crippen molar-refractivity contribution in [1.29, 1.82) is 0 Å². The third-order valence-corrected chi connectivity index (χ3v) is 4.50. The number of rotatable bonds is 3. The number of hydrogen-bond donors (Lipinski definition) is 2. The number of benzene rings is 1. The molecule has 2 aliphatic heterocycles.